The van der Waals surface area contributed by atoms with E-state index in [1.807, 2.05) is 4.90 Å². The molecule has 1 aromatic rings. The predicted molar refractivity (Wildman–Crippen MR) is 85.4 cm³/mol. The SMILES string of the molecule is C=CCN(CC=C)c1nc(N(OC)OC)nc(N(OC)OC)n1. The van der Waals surface area contributed by atoms with Crippen LogP contribution in [0.5, 0.6) is 0 Å². The first kappa shape index (κ1) is 18.8. The number of rotatable bonds is 11. The van der Waals surface area contributed by atoms with Crippen molar-refractivity contribution in [2.75, 3.05) is 56.9 Å². The maximum absolute atomic E-state index is 5.04. The van der Waals surface area contributed by atoms with Gasteiger partial charge in [-0.1, -0.05) is 22.6 Å². The summed E-state index contributed by atoms with van der Waals surface area (Å²) in [4.78, 5) is 34.8. The fourth-order valence-electron chi connectivity index (χ4n) is 1.67. The summed E-state index contributed by atoms with van der Waals surface area (Å²) < 4.78 is 0. The first-order valence-electron chi connectivity index (χ1n) is 6.64. The standard InChI is InChI=1S/C13H22N6O4/c1-7-9-17(10-8-2)11-14-12(18(20-3)21-4)16-13(15-11)19(22-5)23-6/h7-8H,1-2,9-10H2,3-6H3. The lowest BCUT2D eigenvalue weighted by Gasteiger charge is -2.24. The molecule has 0 amide bonds. The van der Waals surface area contributed by atoms with Gasteiger partial charge in [0.2, 0.25) is 5.95 Å². The summed E-state index contributed by atoms with van der Waals surface area (Å²) in [5.74, 6) is 0.586. The molecule has 128 valence electrons. The van der Waals surface area contributed by atoms with Gasteiger partial charge in [0.1, 0.15) is 0 Å². The minimum atomic E-state index is 0.118. The lowest BCUT2D eigenvalue weighted by Crippen LogP contribution is -2.31. The van der Waals surface area contributed by atoms with Crippen LogP contribution in [-0.4, -0.2) is 56.5 Å². The van der Waals surface area contributed by atoms with Crippen LogP contribution in [0.2, 0.25) is 0 Å². The van der Waals surface area contributed by atoms with Gasteiger partial charge in [-0.05, 0) is 0 Å². The fraction of sp³-hybridized carbons (Fsp3) is 0.462. The maximum Gasteiger partial charge on any atom is 0.284 e. The van der Waals surface area contributed by atoms with E-state index in [4.69, 9.17) is 19.4 Å². The van der Waals surface area contributed by atoms with E-state index in [-0.39, 0.29) is 11.9 Å². The Hall–Kier alpha value is -2.27. The highest BCUT2D eigenvalue weighted by Gasteiger charge is 2.20. The van der Waals surface area contributed by atoms with Gasteiger partial charge in [-0.25, -0.2) is 19.4 Å². The predicted octanol–water partition coefficient (Wildman–Crippen LogP) is 0.908. The minimum absolute atomic E-state index is 0.118. The summed E-state index contributed by atoms with van der Waals surface area (Å²) in [6.45, 7) is 8.46. The Morgan fingerprint density at radius 3 is 1.39 bits per heavy atom. The third-order valence-corrected chi connectivity index (χ3v) is 2.57. The molecule has 0 saturated heterocycles. The molecule has 0 bridgehead atoms. The van der Waals surface area contributed by atoms with Crippen LogP contribution in [0.15, 0.2) is 25.3 Å². The second kappa shape index (κ2) is 9.69. The molecule has 0 saturated carbocycles. The van der Waals surface area contributed by atoms with E-state index in [9.17, 15) is 0 Å². The van der Waals surface area contributed by atoms with Crippen LogP contribution in [0.3, 0.4) is 0 Å². The largest absolute Gasteiger partial charge is 0.333 e. The third-order valence-electron chi connectivity index (χ3n) is 2.57. The van der Waals surface area contributed by atoms with Crippen molar-refractivity contribution in [1.29, 1.82) is 0 Å². The van der Waals surface area contributed by atoms with Gasteiger partial charge in [-0.15, -0.1) is 13.2 Å². The van der Waals surface area contributed by atoms with Crippen molar-refractivity contribution in [2.24, 2.45) is 0 Å². The van der Waals surface area contributed by atoms with E-state index in [0.717, 1.165) is 10.5 Å². The Balaban J connectivity index is 3.36. The smallest absolute Gasteiger partial charge is 0.284 e. The minimum Gasteiger partial charge on any atom is -0.333 e. The number of aromatic nitrogens is 3. The van der Waals surface area contributed by atoms with Crippen molar-refractivity contribution in [3.8, 4) is 0 Å². The maximum atomic E-state index is 5.04. The van der Waals surface area contributed by atoms with Gasteiger partial charge >= 0.3 is 0 Å². The van der Waals surface area contributed by atoms with Crippen molar-refractivity contribution in [3.05, 3.63) is 25.3 Å². The Morgan fingerprint density at radius 2 is 1.09 bits per heavy atom. The molecule has 0 aromatic carbocycles. The molecule has 0 unspecified atom stereocenters. The molecular formula is C13H22N6O4. The molecule has 0 aliphatic carbocycles. The fourth-order valence-corrected chi connectivity index (χ4v) is 1.67. The normalized spacial score (nSPS) is 10.3. The quantitative estimate of drug-likeness (QED) is 0.432. The van der Waals surface area contributed by atoms with Crippen LogP contribution in [0.1, 0.15) is 0 Å². The van der Waals surface area contributed by atoms with Crippen molar-refractivity contribution in [2.45, 2.75) is 0 Å². The number of nitrogens with zero attached hydrogens (tertiary/aromatic N) is 6. The van der Waals surface area contributed by atoms with Gasteiger partial charge < -0.3 is 4.90 Å². The molecule has 23 heavy (non-hydrogen) atoms. The van der Waals surface area contributed by atoms with Crippen LogP contribution < -0.4 is 15.4 Å². The summed E-state index contributed by atoms with van der Waals surface area (Å²) in [6.07, 6.45) is 3.45. The van der Waals surface area contributed by atoms with Crippen LogP contribution in [0.4, 0.5) is 17.8 Å². The van der Waals surface area contributed by atoms with E-state index in [1.165, 1.54) is 28.4 Å². The summed E-state index contributed by atoms with van der Waals surface area (Å²) in [6, 6.07) is 0. The van der Waals surface area contributed by atoms with Crippen LogP contribution in [0, 0.1) is 0 Å². The van der Waals surface area contributed by atoms with E-state index in [0.29, 0.717) is 19.0 Å². The van der Waals surface area contributed by atoms with Crippen molar-refractivity contribution in [1.82, 2.24) is 15.0 Å². The van der Waals surface area contributed by atoms with Gasteiger partial charge in [0.05, 0.1) is 28.4 Å². The lowest BCUT2D eigenvalue weighted by atomic mass is 10.4. The zero-order valence-corrected chi connectivity index (χ0v) is 13.8. The van der Waals surface area contributed by atoms with Crippen molar-refractivity contribution in [3.63, 3.8) is 0 Å². The topological polar surface area (TPSA) is 85.3 Å². The van der Waals surface area contributed by atoms with Crippen LogP contribution in [0.25, 0.3) is 0 Å². The summed E-state index contributed by atoms with van der Waals surface area (Å²) in [5, 5.41) is 2.05. The Kier molecular flexibility index (Phi) is 7.91. The molecule has 0 aliphatic rings. The molecule has 10 nitrogen and oxygen atoms in total. The average molecular weight is 326 g/mol. The van der Waals surface area contributed by atoms with Gasteiger partial charge in [-0.3, -0.25) is 0 Å². The molecular weight excluding hydrogens is 304 g/mol. The second-order valence-electron chi connectivity index (χ2n) is 3.96. The molecule has 0 fully saturated rings. The third kappa shape index (κ3) is 4.86. The Labute approximate surface area is 135 Å². The molecule has 0 aliphatic heterocycles. The molecule has 0 spiro atoms. The molecule has 1 rings (SSSR count). The van der Waals surface area contributed by atoms with Crippen molar-refractivity contribution < 1.29 is 19.4 Å². The van der Waals surface area contributed by atoms with Crippen LogP contribution >= 0.6 is 0 Å². The number of hydrogen-bond acceptors (Lipinski definition) is 10. The molecule has 10 heteroatoms. The van der Waals surface area contributed by atoms with Gasteiger partial charge in [0.15, 0.2) is 0 Å². The summed E-state index contributed by atoms with van der Waals surface area (Å²) in [7, 11) is 5.68. The van der Waals surface area contributed by atoms with E-state index >= 15 is 0 Å². The molecule has 0 atom stereocenters. The highest BCUT2D eigenvalue weighted by molar-refractivity contribution is 5.43. The highest BCUT2D eigenvalue weighted by Crippen LogP contribution is 2.19. The number of hydrogen-bond donors (Lipinski definition) is 0. The van der Waals surface area contributed by atoms with Crippen LogP contribution in [-0.2, 0) is 19.4 Å². The van der Waals surface area contributed by atoms with Gasteiger partial charge in [-0.2, -0.15) is 15.0 Å². The van der Waals surface area contributed by atoms with Crippen molar-refractivity contribution >= 4 is 17.8 Å². The van der Waals surface area contributed by atoms with Gasteiger partial charge in [0, 0.05) is 13.1 Å². The highest BCUT2D eigenvalue weighted by atomic mass is 16.9. The molecule has 1 aromatic heterocycles. The molecule has 0 N–H and O–H groups in total. The van der Waals surface area contributed by atoms with Gasteiger partial charge in [0.25, 0.3) is 11.9 Å². The van der Waals surface area contributed by atoms with E-state index in [2.05, 4.69) is 28.1 Å². The monoisotopic (exact) mass is 326 g/mol. The van der Waals surface area contributed by atoms with E-state index < -0.39 is 0 Å². The molecule has 0 radical (unpaired) electrons. The zero-order valence-electron chi connectivity index (χ0n) is 13.8. The Bertz CT molecular complexity index is 467. The zero-order chi connectivity index (χ0) is 17.2. The lowest BCUT2D eigenvalue weighted by molar-refractivity contribution is -0.0524. The Morgan fingerprint density at radius 1 is 0.739 bits per heavy atom. The van der Waals surface area contributed by atoms with E-state index in [1.54, 1.807) is 12.2 Å². The number of anilines is 3. The summed E-state index contributed by atoms with van der Waals surface area (Å²) >= 11 is 0. The summed E-state index contributed by atoms with van der Waals surface area (Å²) in [5.41, 5.74) is 0. The average Bonchev–Trinajstić information content (AvgIpc) is 2.57. The second-order valence-corrected chi connectivity index (χ2v) is 3.96. The first-order valence-corrected chi connectivity index (χ1v) is 6.64. The first-order chi connectivity index (χ1) is 11.1. The molecule has 1 heterocycles.